The summed E-state index contributed by atoms with van der Waals surface area (Å²) in [6.45, 7) is 7.82. The molecule has 0 heterocycles. The van der Waals surface area contributed by atoms with Crippen molar-refractivity contribution < 1.29 is 5.11 Å². The van der Waals surface area contributed by atoms with Gasteiger partial charge < -0.3 is 5.11 Å². The van der Waals surface area contributed by atoms with Gasteiger partial charge >= 0.3 is 0 Å². The Kier molecular flexibility index (Phi) is 4.78. The van der Waals surface area contributed by atoms with E-state index in [1.54, 1.807) is 0 Å². The third kappa shape index (κ3) is 5.84. The summed E-state index contributed by atoms with van der Waals surface area (Å²) >= 11 is 0. The molecule has 9 heavy (non-hydrogen) atoms. The molecule has 0 fully saturated rings. The van der Waals surface area contributed by atoms with E-state index in [1.807, 2.05) is 0 Å². The number of aliphatic hydroxyl groups excluding tert-OH is 1. The molecule has 1 N–H and O–H groups in total. The lowest BCUT2D eigenvalue weighted by Crippen LogP contribution is -1.99. The third-order valence-corrected chi connectivity index (χ3v) is 1.38. The van der Waals surface area contributed by atoms with E-state index in [4.69, 9.17) is 5.11 Å². The van der Waals surface area contributed by atoms with Gasteiger partial charge in [0.2, 0.25) is 0 Å². The second-order valence-corrected chi connectivity index (χ2v) is 3.15. The van der Waals surface area contributed by atoms with Crippen LogP contribution >= 0.6 is 0 Å². The van der Waals surface area contributed by atoms with Crippen molar-refractivity contribution in [3.8, 4) is 0 Å². The van der Waals surface area contributed by atoms with Gasteiger partial charge in [-0.15, -0.1) is 0 Å². The molecule has 1 nitrogen and oxygen atoms in total. The first-order chi connectivity index (χ1) is 4.16. The number of hydrogen-bond acceptors (Lipinski definition) is 1. The number of hydrogen-bond donors (Lipinski definition) is 1. The van der Waals surface area contributed by atoms with Gasteiger partial charge in [0.05, 0.1) is 6.61 Å². The predicted molar refractivity (Wildman–Crippen MR) is 39.5 cm³/mol. The van der Waals surface area contributed by atoms with Crippen LogP contribution in [0.25, 0.3) is 0 Å². The quantitative estimate of drug-likeness (QED) is 0.618. The molecule has 0 spiro atoms. The Morgan fingerprint density at radius 2 is 1.89 bits per heavy atom. The molecule has 0 aliphatic carbocycles. The zero-order valence-electron chi connectivity index (χ0n) is 6.59. The van der Waals surface area contributed by atoms with Gasteiger partial charge in [0.15, 0.2) is 0 Å². The van der Waals surface area contributed by atoms with E-state index in [1.165, 1.54) is 13.0 Å². The molecule has 1 heteroatoms. The summed E-state index contributed by atoms with van der Waals surface area (Å²) in [4.78, 5) is 0. The highest BCUT2D eigenvalue weighted by Crippen LogP contribution is 2.14. The summed E-state index contributed by atoms with van der Waals surface area (Å²) in [5, 5.41) is 8.42. The molecule has 0 amide bonds. The molecule has 0 saturated heterocycles. The van der Waals surface area contributed by atoms with E-state index in [0.29, 0.717) is 5.92 Å². The standard InChI is InChI=1S/C8H17O/c1-7(2)6-8(3)4-5-9/h5,7-9H,4,6H2,1-3H3. The first-order valence-electron chi connectivity index (χ1n) is 3.62. The largest absolute Gasteiger partial charge is 0.390 e. The Labute approximate surface area is 58.1 Å². The Bertz CT molecular complexity index is 59.6. The van der Waals surface area contributed by atoms with E-state index >= 15 is 0 Å². The highest BCUT2D eigenvalue weighted by Gasteiger charge is 2.02. The van der Waals surface area contributed by atoms with E-state index in [-0.39, 0.29) is 0 Å². The van der Waals surface area contributed by atoms with Crippen LogP contribution in [0.5, 0.6) is 0 Å². The molecule has 1 radical (unpaired) electrons. The van der Waals surface area contributed by atoms with Crippen molar-refractivity contribution in [3.05, 3.63) is 6.61 Å². The summed E-state index contributed by atoms with van der Waals surface area (Å²) in [5.74, 6) is 1.38. The lowest BCUT2D eigenvalue weighted by atomic mass is 9.97. The third-order valence-electron chi connectivity index (χ3n) is 1.38. The zero-order valence-corrected chi connectivity index (χ0v) is 6.59. The second kappa shape index (κ2) is 4.80. The fourth-order valence-corrected chi connectivity index (χ4v) is 1.08. The maximum Gasteiger partial charge on any atom is 0.0801 e. The van der Waals surface area contributed by atoms with Crippen molar-refractivity contribution in [2.75, 3.05) is 0 Å². The van der Waals surface area contributed by atoms with Crippen LogP contribution in [0.4, 0.5) is 0 Å². The summed E-state index contributed by atoms with van der Waals surface area (Å²) in [5.41, 5.74) is 0. The highest BCUT2D eigenvalue weighted by molar-refractivity contribution is 4.59. The van der Waals surface area contributed by atoms with Crippen LogP contribution in [0.2, 0.25) is 0 Å². The Morgan fingerprint density at radius 1 is 1.33 bits per heavy atom. The molecule has 0 aliphatic heterocycles. The fraction of sp³-hybridized carbons (Fsp3) is 0.875. The minimum absolute atomic E-state index is 0.634. The van der Waals surface area contributed by atoms with Crippen LogP contribution in [-0.2, 0) is 0 Å². The van der Waals surface area contributed by atoms with Crippen LogP contribution in [-0.4, -0.2) is 5.11 Å². The van der Waals surface area contributed by atoms with Gasteiger partial charge in [0, 0.05) is 0 Å². The molecule has 0 rings (SSSR count). The zero-order chi connectivity index (χ0) is 7.28. The summed E-state index contributed by atoms with van der Waals surface area (Å²) in [6.07, 6.45) is 2.04. The maximum absolute atomic E-state index is 8.42. The van der Waals surface area contributed by atoms with Gasteiger partial charge in [0.25, 0.3) is 0 Å². The first kappa shape index (κ1) is 8.96. The topological polar surface area (TPSA) is 20.2 Å². The van der Waals surface area contributed by atoms with Crippen LogP contribution in [0.15, 0.2) is 0 Å². The Balaban J connectivity index is 3.15. The van der Waals surface area contributed by atoms with Gasteiger partial charge in [0.1, 0.15) is 0 Å². The minimum atomic E-state index is 0.634. The molecule has 0 saturated carbocycles. The van der Waals surface area contributed by atoms with Crippen molar-refractivity contribution in [3.63, 3.8) is 0 Å². The summed E-state index contributed by atoms with van der Waals surface area (Å²) < 4.78 is 0. The molecule has 1 atom stereocenters. The summed E-state index contributed by atoms with van der Waals surface area (Å²) in [6, 6.07) is 0. The van der Waals surface area contributed by atoms with Crippen LogP contribution in [0.3, 0.4) is 0 Å². The average Bonchev–Trinajstić information content (AvgIpc) is 1.63. The molecule has 55 valence electrons. The molecular weight excluding hydrogens is 112 g/mol. The fourth-order valence-electron chi connectivity index (χ4n) is 1.08. The molecule has 0 aromatic rings. The monoisotopic (exact) mass is 129 g/mol. The lowest BCUT2D eigenvalue weighted by molar-refractivity contribution is 0.323. The normalized spacial score (nSPS) is 14.3. The van der Waals surface area contributed by atoms with Crippen molar-refractivity contribution in [2.24, 2.45) is 11.8 Å². The number of rotatable bonds is 4. The molecule has 1 unspecified atom stereocenters. The minimum Gasteiger partial charge on any atom is -0.390 e. The maximum atomic E-state index is 8.42. The van der Waals surface area contributed by atoms with E-state index in [9.17, 15) is 0 Å². The Morgan fingerprint density at radius 3 is 2.22 bits per heavy atom. The van der Waals surface area contributed by atoms with E-state index in [2.05, 4.69) is 20.8 Å². The van der Waals surface area contributed by atoms with Crippen molar-refractivity contribution >= 4 is 0 Å². The van der Waals surface area contributed by atoms with Gasteiger partial charge in [-0.1, -0.05) is 20.8 Å². The van der Waals surface area contributed by atoms with Crippen LogP contribution < -0.4 is 0 Å². The first-order valence-corrected chi connectivity index (χ1v) is 3.62. The smallest absolute Gasteiger partial charge is 0.0801 e. The average molecular weight is 129 g/mol. The molecule has 0 aromatic carbocycles. The molecule has 0 aromatic heterocycles. The van der Waals surface area contributed by atoms with Crippen molar-refractivity contribution in [2.45, 2.75) is 33.6 Å². The van der Waals surface area contributed by atoms with Crippen LogP contribution in [0.1, 0.15) is 33.6 Å². The molecular formula is C8H17O. The van der Waals surface area contributed by atoms with Crippen LogP contribution in [0, 0.1) is 18.4 Å². The predicted octanol–water partition coefficient (Wildman–Crippen LogP) is 2.59. The van der Waals surface area contributed by atoms with Gasteiger partial charge in [-0.05, 0) is 24.7 Å². The van der Waals surface area contributed by atoms with Crippen molar-refractivity contribution in [1.29, 1.82) is 0 Å². The Hall–Kier alpha value is -0.0400. The van der Waals surface area contributed by atoms with Gasteiger partial charge in [-0.3, -0.25) is 0 Å². The molecule has 0 aliphatic rings. The van der Waals surface area contributed by atoms with Gasteiger partial charge in [-0.2, -0.15) is 0 Å². The lowest BCUT2D eigenvalue weighted by Gasteiger charge is -2.10. The highest BCUT2D eigenvalue weighted by atomic mass is 16.2. The summed E-state index contributed by atoms with van der Waals surface area (Å²) in [7, 11) is 0. The van der Waals surface area contributed by atoms with Gasteiger partial charge in [-0.25, -0.2) is 0 Å². The van der Waals surface area contributed by atoms with E-state index < -0.39 is 0 Å². The SMILES string of the molecule is CC(C)CC(C)C[CH]O. The second-order valence-electron chi connectivity index (χ2n) is 3.15. The van der Waals surface area contributed by atoms with E-state index in [0.717, 1.165) is 12.3 Å². The van der Waals surface area contributed by atoms with Crippen molar-refractivity contribution in [1.82, 2.24) is 0 Å². The number of aliphatic hydroxyl groups is 1. The molecule has 0 bridgehead atoms.